The van der Waals surface area contributed by atoms with Gasteiger partial charge >= 0.3 is 0 Å². The van der Waals surface area contributed by atoms with Gasteiger partial charge < -0.3 is 10.0 Å². The van der Waals surface area contributed by atoms with E-state index in [0.29, 0.717) is 12.0 Å². The fraction of sp³-hybridized carbons (Fsp3) is 0.238. The molecule has 1 amide bonds. The maximum atomic E-state index is 12.8. The second-order valence-corrected chi connectivity index (χ2v) is 7.00. The molecule has 1 fully saturated rings. The number of hydrogen-bond donors (Lipinski definition) is 1. The molecule has 0 aliphatic carbocycles. The minimum Gasteiger partial charge on any atom is -0.507 e. The molecule has 1 heterocycles. The molecule has 0 spiro atoms. The molecule has 1 unspecified atom stereocenters. The lowest BCUT2D eigenvalue weighted by Crippen LogP contribution is -2.30. The van der Waals surface area contributed by atoms with E-state index in [1.54, 1.807) is 6.07 Å². The highest BCUT2D eigenvalue weighted by atomic mass is 16.6. The number of rotatable bonds is 7. The van der Waals surface area contributed by atoms with Crippen molar-refractivity contribution in [3.8, 4) is 0 Å². The first-order chi connectivity index (χ1) is 14.8. The minimum atomic E-state index is -1.01. The number of aliphatic hydroxyl groups excluding tert-OH is 1. The van der Waals surface area contributed by atoms with E-state index < -0.39 is 33.3 Å². The van der Waals surface area contributed by atoms with E-state index in [2.05, 4.69) is 0 Å². The summed E-state index contributed by atoms with van der Waals surface area (Å²) >= 11 is 0. The van der Waals surface area contributed by atoms with E-state index in [0.717, 1.165) is 6.42 Å². The Bertz CT molecular complexity index is 1090. The van der Waals surface area contributed by atoms with Crippen LogP contribution in [0.15, 0.2) is 54.1 Å². The number of Topliss-reactive ketones (excluding diaryl/α,β-unsaturated/α-hetero) is 1. The van der Waals surface area contributed by atoms with Gasteiger partial charge in [-0.3, -0.25) is 29.8 Å². The van der Waals surface area contributed by atoms with Gasteiger partial charge in [-0.05, 0) is 24.1 Å². The molecule has 0 aromatic heterocycles. The number of hydrogen-bond acceptors (Lipinski definition) is 7. The van der Waals surface area contributed by atoms with Crippen molar-refractivity contribution < 1.29 is 24.5 Å². The molecule has 3 rings (SSSR count). The highest BCUT2D eigenvalue weighted by Gasteiger charge is 2.46. The largest absolute Gasteiger partial charge is 0.507 e. The molecule has 0 bridgehead atoms. The third-order valence-electron chi connectivity index (χ3n) is 5.04. The van der Waals surface area contributed by atoms with Crippen molar-refractivity contribution in [2.75, 3.05) is 6.54 Å². The van der Waals surface area contributed by atoms with Crippen molar-refractivity contribution in [1.82, 2.24) is 4.90 Å². The summed E-state index contributed by atoms with van der Waals surface area (Å²) in [5, 5.41) is 33.0. The summed E-state index contributed by atoms with van der Waals surface area (Å²) in [6.07, 6.45) is 1.34. The van der Waals surface area contributed by atoms with Crippen LogP contribution in [-0.2, 0) is 9.59 Å². The van der Waals surface area contributed by atoms with E-state index in [1.807, 2.05) is 6.92 Å². The van der Waals surface area contributed by atoms with Crippen LogP contribution in [0.2, 0.25) is 0 Å². The lowest BCUT2D eigenvalue weighted by molar-refractivity contribution is -0.385. The molecule has 1 aliphatic heterocycles. The van der Waals surface area contributed by atoms with E-state index in [-0.39, 0.29) is 29.1 Å². The first-order valence-electron chi connectivity index (χ1n) is 9.53. The number of nitro groups is 2. The fourth-order valence-electron chi connectivity index (χ4n) is 3.49. The molecular formula is C21H19N3O7. The van der Waals surface area contributed by atoms with Crippen molar-refractivity contribution in [1.29, 1.82) is 0 Å². The number of nitro benzene ring substituents is 2. The Balaban J connectivity index is 2.17. The third-order valence-corrected chi connectivity index (χ3v) is 5.04. The Morgan fingerprint density at radius 1 is 1.03 bits per heavy atom. The van der Waals surface area contributed by atoms with Gasteiger partial charge in [0, 0.05) is 36.4 Å². The number of benzene rings is 2. The minimum absolute atomic E-state index is 0.120. The second-order valence-electron chi connectivity index (χ2n) is 7.00. The Kier molecular flexibility index (Phi) is 6.10. The monoisotopic (exact) mass is 425 g/mol. The Morgan fingerprint density at radius 2 is 1.68 bits per heavy atom. The first kappa shape index (κ1) is 21.6. The summed E-state index contributed by atoms with van der Waals surface area (Å²) in [5.41, 5.74) is -0.193. The van der Waals surface area contributed by atoms with Gasteiger partial charge in [0.15, 0.2) is 0 Å². The van der Waals surface area contributed by atoms with Gasteiger partial charge in [-0.2, -0.15) is 0 Å². The smallest absolute Gasteiger partial charge is 0.295 e. The molecular weight excluding hydrogens is 406 g/mol. The van der Waals surface area contributed by atoms with Gasteiger partial charge in [0.25, 0.3) is 23.1 Å². The van der Waals surface area contributed by atoms with Crippen LogP contribution in [0.25, 0.3) is 5.76 Å². The summed E-state index contributed by atoms with van der Waals surface area (Å²) in [7, 11) is 0. The van der Waals surface area contributed by atoms with Gasteiger partial charge in [-0.15, -0.1) is 0 Å². The Labute approximate surface area is 176 Å². The Hall–Kier alpha value is -4.08. The van der Waals surface area contributed by atoms with Crippen LogP contribution < -0.4 is 0 Å². The number of likely N-dealkylation sites (tertiary alicyclic amines) is 1. The highest BCUT2D eigenvalue weighted by molar-refractivity contribution is 6.46. The molecule has 2 aromatic rings. The van der Waals surface area contributed by atoms with Crippen LogP contribution in [-0.4, -0.2) is 38.1 Å². The molecule has 0 saturated carbocycles. The van der Waals surface area contributed by atoms with Gasteiger partial charge in [0.05, 0.1) is 21.5 Å². The zero-order chi connectivity index (χ0) is 22.7. The first-order valence-corrected chi connectivity index (χ1v) is 9.53. The average Bonchev–Trinajstić information content (AvgIpc) is 3.02. The van der Waals surface area contributed by atoms with Crippen molar-refractivity contribution in [2.45, 2.75) is 25.8 Å². The zero-order valence-electron chi connectivity index (χ0n) is 16.6. The molecule has 0 radical (unpaired) electrons. The predicted molar refractivity (Wildman–Crippen MR) is 110 cm³/mol. The number of aliphatic hydroxyl groups is 1. The van der Waals surface area contributed by atoms with Crippen LogP contribution >= 0.6 is 0 Å². The number of unbranched alkanes of at least 4 members (excludes halogenated alkanes) is 1. The standard InChI is InChI=1S/C21H19N3O7/c1-2-3-11-22-18(14-5-4-6-16(12-14)24(30)31)17(20(26)21(22)27)19(25)13-7-9-15(10-8-13)23(28)29/h4-10,12,18,25H,2-3,11H2,1H3. The number of carbonyl (C=O) groups excluding carboxylic acids is 2. The number of carbonyl (C=O) groups is 2. The van der Waals surface area contributed by atoms with Crippen LogP contribution in [0.1, 0.15) is 36.9 Å². The summed E-state index contributed by atoms with van der Waals surface area (Å²) in [4.78, 5) is 47.7. The topological polar surface area (TPSA) is 144 Å². The molecule has 1 atom stereocenters. The number of non-ortho nitro benzene ring substituents is 2. The predicted octanol–water partition coefficient (Wildman–Crippen LogP) is 3.72. The highest BCUT2D eigenvalue weighted by Crippen LogP contribution is 2.40. The lowest BCUT2D eigenvalue weighted by atomic mass is 9.95. The van der Waals surface area contributed by atoms with Crippen LogP contribution in [0, 0.1) is 20.2 Å². The van der Waals surface area contributed by atoms with Gasteiger partial charge in [-0.1, -0.05) is 25.5 Å². The van der Waals surface area contributed by atoms with Crippen LogP contribution in [0.4, 0.5) is 11.4 Å². The molecule has 1 N–H and O–H groups in total. The number of nitrogens with zero attached hydrogens (tertiary/aromatic N) is 3. The molecule has 10 heteroatoms. The van der Waals surface area contributed by atoms with E-state index in [9.17, 15) is 34.9 Å². The van der Waals surface area contributed by atoms with Crippen molar-refractivity contribution in [2.24, 2.45) is 0 Å². The SMILES string of the molecule is CCCCN1C(=O)C(=O)C(=C(O)c2ccc([N+](=O)[O-])cc2)C1c1cccc([N+](=O)[O-])c1. The fourth-order valence-corrected chi connectivity index (χ4v) is 3.49. The van der Waals surface area contributed by atoms with E-state index in [1.165, 1.54) is 47.4 Å². The van der Waals surface area contributed by atoms with Gasteiger partial charge in [-0.25, -0.2) is 0 Å². The van der Waals surface area contributed by atoms with Crippen molar-refractivity contribution in [3.63, 3.8) is 0 Å². The average molecular weight is 425 g/mol. The van der Waals surface area contributed by atoms with Gasteiger partial charge in [0.2, 0.25) is 0 Å². The summed E-state index contributed by atoms with van der Waals surface area (Å²) in [6, 6.07) is 9.42. The van der Waals surface area contributed by atoms with E-state index >= 15 is 0 Å². The van der Waals surface area contributed by atoms with Gasteiger partial charge in [0.1, 0.15) is 5.76 Å². The lowest BCUT2D eigenvalue weighted by Gasteiger charge is -2.25. The molecule has 2 aromatic carbocycles. The zero-order valence-corrected chi connectivity index (χ0v) is 16.6. The Morgan fingerprint density at radius 3 is 2.26 bits per heavy atom. The van der Waals surface area contributed by atoms with E-state index in [4.69, 9.17) is 0 Å². The maximum absolute atomic E-state index is 12.8. The van der Waals surface area contributed by atoms with Crippen molar-refractivity contribution in [3.05, 3.63) is 85.5 Å². The number of amides is 1. The molecule has 1 saturated heterocycles. The maximum Gasteiger partial charge on any atom is 0.295 e. The number of ketones is 1. The summed E-state index contributed by atoms with van der Waals surface area (Å²) < 4.78 is 0. The molecule has 10 nitrogen and oxygen atoms in total. The molecule has 31 heavy (non-hydrogen) atoms. The molecule has 1 aliphatic rings. The normalized spacial score (nSPS) is 17.7. The second kappa shape index (κ2) is 8.74. The third kappa shape index (κ3) is 4.13. The molecule has 160 valence electrons. The van der Waals surface area contributed by atoms with Crippen molar-refractivity contribution >= 4 is 28.8 Å². The summed E-state index contributed by atoms with van der Waals surface area (Å²) in [6.45, 7) is 2.14. The summed E-state index contributed by atoms with van der Waals surface area (Å²) in [5.74, 6) is -2.22. The van der Waals surface area contributed by atoms with Crippen LogP contribution in [0.3, 0.4) is 0 Å². The quantitative estimate of drug-likeness (QED) is 0.234. The van der Waals surface area contributed by atoms with Crippen LogP contribution in [0.5, 0.6) is 0 Å².